The molecule has 0 aromatic rings. The van der Waals surface area contributed by atoms with Gasteiger partial charge in [-0.1, -0.05) is 0 Å². The van der Waals surface area contributed by atoms with Crippen LogP contribution in [0.25, 0.3) is 0 Å². The summed E-state index contributed by atoms with van der Waals surface area (Å²) in [4.78, 5) is 4.41. The van der Waals surface area contributed by atoms with Crippen LogP contribution in [0.1, 0.15) is 38.5 Å². The molecule has 2 aliphatic rings. The molecule has 1 heteroatoms. The molecule has 0 aromatic carbocycles. The van der Waals surface area contributed by atoms with Crippen LogP contribution < -0.4 is 0 Å². The monoisotopic (exact) mass is 135 g/mol. The van der Waals surface area contributed by atoms with Crippen molar-refractivity contribution in [3.63, 3.8) is 0 Å². The fourth-order valence-electron chi connectivity index (χ4n) is 1.79. The Bertz CT molecular complexity index is 189. The summed E-state index contributed by atoms with van der Waals surface area (Å²) in [5, 5.41) is 0. The Labute approximate surface area is 61.9 Å². The molecule has 0 saturated heterocycles. The Kier molecular flexibility index (Phi) is 1.58. The van der Waals surface area contributed by atoms with E-state index in [4.69, 9.17) is 0 Å². The first-order chi connectivity index (χ1) is 4.97. The molecule has 0 unspecified atom stereocenters. The molecule has 0 radical (unpaired) electrons. The summed E-state index contributed by atoms with van der Waals surface area (Å²) in [5.41, 5.74) is 3.06. The van der Waals surface area contributed by atoms with E-state index in [1.54, 1.807) is 5.57 Å². The molecule has 10 heavy (non-hydrogen) atoms. The average Bonchev–Trinajstić information content (AvgIpc) is 2.05. The lowest BCUT2D eigenvalue weighted by molar-refractivity contribution is 0.639. The molecule has 0 aromatic heterocycles. The van der Waals surface area contributed by atoms with Gasteiger partial charge in [-0.25, -0.2) is 0 Å². The number of hydrogen-bond donors (Lipinski definition) is 0. The third-order valence-electron chi connectivity index (χ3n) is 2.37. The summed E-state index contributed by atoms with van der Waals surface area (Å²) in [6.45, 7) is 0. The van der Waals surface area contributed by atoms with Crippen LogP contribution in [0.3, 0.4) is 0 Å². The van der Waals surface area contributed by atoms with Gasteiger partial charge in [0.2, 0.25) is 0 Å². The van der Waals surface area contributed by atoms with E-state index in [1.807, 2.05) is 0 Å². The highest BCUT2D eigenvalue weighted by molar-refractivity contribution is 5.61. The summed E-state index contributed by atoms with van der Waals surface area (Å²) in [6.07, 6.45) is 9.87. The van der Waals surface area contributed by atoms with Crippen molar-refractivity contribution < 1.29 is 0 Å². The highest BCUT2D eigenvalue weighted by atomic mass is 14.7. The maximum atomic E-state index is 4.41. The number of aliphatic imine (C=N–C) groups is 1. The first-order valence-electron chi connectivity index (χ1n) is 4.20. The third-order valence-corrected chi connectivity index (χ3v) is 2.37. The number of hydrogen-bond acceptors (Lipinski definition) is 1. The topological polar surface area (TPSA) is 12.4 Å². The largest absolute Gasteiger partial charge is 0.266 e. The minimum absolute atomic E-state index is 1.18. The van der Waals surface area contributed by atoms with Gasteiger partial charge in [0.25, 0.3) is 0 Å². The second kappa shape index (κ2) is 2.57. The van der Waals surface area contributed by atoms with E-state index < -0.39 is 0 Å². The van der Waals surface area contributed by atoms with Crippen LogP contribution >= 0.6 is 0 Å². The van der Waals surface area contributed by atoms with Crippen LogP contribution in [-0.2, 0) is 0 Å². The van der Waals surface area contributed by atoms with E-state index in [-0.39, 0.29) is 0 Å². The van der Waals surface area contributed by atoms with E-state index in [1.165, 1.54) is 44.2 Å². The molecular weight excluding hydrogens is 122 g/mol. The molecular formula is C9H13N. The first-order valence-corrected chi connectivity index (χ1v) is 4.20. The van der Waals surface area contributed by atoms with Crippen LogP contribution in [0.2, 0.25) is 0 Å². The fourth-order valence-corrected chi connectivity index (χ4v) is 1.79. The van der Waals surface area contributed by atoms with Gasteiger partial charge in [-0.2, -0.15) is 0 Å². The smallest absolute Gasteiger partial charge is 0.0391 e. The van der Waals surface area contributed by atoms with Gasteiger partial charge in [0.15, 0.2) is 0 Å². The fraction of sp³-hybridized carbons (Fsp3) is 0.667. The van der Waals surface area contributed by atoms with Crippen LogP contribution in [0.4, 0.5) is 0 Å². The summed E-state index contributed by atoms with van der Waals surface area (Å²) in [7, 11) is 0. The van der Waals surface area contributed by atoms with E-state index in [0.29, 0.717) is 0 Å². The van der Waals surface area contributed by atoms with E-state index >= 15 is 0 Å². The predicted molar refractivity (Wildman–Crippen MR) is 43.2 cm³/mol. The second-order valence-electron chi connectivity index (χ2n) is 3.11. The van der Waals surface area contributed by atoms with Crippen LogP contribution in [-0.4, -0.2) is 6.21 Å². The van der Waals surface area contributed by atoms with E-state index in [0.717, 1.165) is 0 Å². The van der Waals surface area contributed by atoms with Gasteiger partial charge in [-0.05, 0) is 44.1 Å². The molecule has 0 fully saturated rings. The van der Waals surface area contributed by atoms with Crippen molar-refractivity contribution in [2.75, 3.05) is 0 Å². The molecule has 2 rings (SSSR count). The first kappa shape index (κ1) is 6.14. The van der Waals surface area contributed by atoms with Crippen molar-refractivity contribution >= 4 is 6.21 Å². The predicted octanol–water partition coefficient (Wildman–Crippen LogP) is 2.68. The Balaban J connectivity index is 2.23. The molecule has 0 saturated carbocycles. The molecule has 0 N–H and O–H groups in total. The van der Waals surface area contributed by atoms with Crippen molar-refractivity contribution in [3.8, 4) is 0 Å². The summed E-state index contributed by atoms with van der Waals surface area (Å²) in [6, 6.07) is 0. The van der Waals surface area contributed by atoms with Crippen molar-refractivity contribution in [2.45, 2.75) is 38.5 Å². The zero-order chi connectivity index (χ0) is 6.81. The number of nitrogens with zero attached hydrogens (tertiary/aromatic N) is 1. The zero-order valence-electron chi connectivity index (χ0n) is 6.27. The lowest BCUT2D eigenvalue weighted by Crippen LogP contribution is -2.02. The maximum absolute atomic E-state index is 4.41. The maximum Gasteiger partial charge on any atom is 0.0391 e. The van der Waals surface area contributed by atoms with Crippen LogP contribution in [0, 0.1) is 0 Å². The molecule has 1 heterocycles. The van der Waals surface area contributed by atoms with E-state index in [9.17, 15) is 0 Å². The normalized spacial score (nSPS) is 24.8. The van der Waals surface area contributed by atoms with Gasteiger partial charge in [-0.15, -0.1) is 0 Å². The summed E-state index contributed by atoms with van der Waals surface area (Å²) >= 11 is 0. The molecule has 0 amide bonds. The van der Waals surface area contributed by atoms with Gasteiger partial charge in [0.05, 0.1) is 0 Å². The minimum Gasteiger partial charge on any atom is -0.266 e. The average molecular weight is 135 g/mol. The van der Waals surface area contributed by atoms with Gasteiger partial charge in [0.1, 0.15) is 0 Å². The standard InChI is InChI=1S/C9H13N/c1-2-6-9-8(4-1)5-3-7-10-9/h7H,1-6H2. The van der Waals surface area contributed by atoms with Gasteiger partial charge in [-0.3, -0.25) is 4.99 Å². The summed E-state index contributed by atoms with van der Waals surface area (Å²) in [5.74, 6) is 0. The molecule has 0 atom stereocenters. The lowest BCUT2D eigenvalue weighted by Gasteiger charge is -2.19. The zero-order valence-corrected chi connectivity index (χ0v) is 6.27. The number of rotatable bonds is 0. The van der Waals surface area contributed by atoms with Crippen molar-refractivity contribution in [3.05, 3.63) is 11.3 Å². The van der Waals surface area contributed by atoms with E-state index in [2.05, 4.69) is 11.2 Å². The van der Waals surface area contributed by atoms with Crippen LogP contribution in [0.15, 0.2) is 16.3 Å². The van der Waals surface area contributed by atoms with Crippen molar-refractivity contribution in [1.29, 1.82) is 0 Å². The highest BCUT2D eigenvalue weighted by Gasteiger charge is 2.13. The van der Waals surface area contributed by atoms with Crippen molar-refractivity contribution in [2.24, 2.45) is 4.99 Å². The molecule has 0 bridgehead atoms. The highest BCUT2D eigenvalue weighted by Crippen LogP contribution is 2.30. The third kappa shape index (κ3) is 1.00. The molecule has 54 valence electrons. The van der Waals surface area contributed by atoms with Crippen LogP contribution in [0.5, 0.6) is 0 Å². The number of allylic oxidation sites excluding steroid dienone is 2. The lowest BCUT2D eigenvalue weighted by atomic mass is 9.92. The Morgan fingerprint density at radius 3 is 2.90 bits per heavy atom. The molecule has 1 aliphatic heterocycles. The second-order valence-corrected chi connectivity index (χ2v) is 3.11. The summed E-state index contributed by atoms with van der Waals surface area (Å²) < 4.78 is 0. The Morgan fingerprint density at radius 2 is 2.00 bits per heavy atom. The molecule has 1 nitrogen and oxygen atoms in total. The van der Waals surface area contributed by atoms with Gasteiger partial charge < -0.3 is 0 Å². The van der Waals surface area contributed by atoms with Gasteiger partial charge >= 0.3 is 0 Å². The van der Waals surface area contributed by atoms with Crippen molar-refractivity contribution in [1.82, 2.24) is 0 Å². The van der Waals surface area contributed by atoms with Gasteiger partial charge in [0, 0.05) is 11.9 Å². The Hall–Kier alpha value is -0.590. The molecule has 0 spiro atoms. The SMILES string of the molecule is C1=NC2=C(CC1)CCCC2. The minimum atomic E-state index is 1.18. The molecule has 1 aliphatic carbocycles. The quantitative estimate of drug-likeness (QED) is 0.484. The Morgan fingerprint density at radius 1 is 1.10 bits per heavy atom.